The van der Waals surface area contributed by atoms with Crippen LogP contribution in [0.1, 0.15) is 37.5 Å². The third kappa shape index (κ3) is 4.60. The van der Waals surface area contributed by atoms with Crippen LogP contribution in [0.15, 0.2) is 18.2 Å². The molecule has 2 nitrogen and oxygen atoms in total. The van der Waals surface area contributed by atoms with Gasteiger partial charge in [-0.1, -0.05) is 39.0 Å². The standard InChI is InChI=1S/C18H31NO/c1-14(2)18(5,13-19-10-11-20-6)12-17-15(3)8-7-9-16(17)4/h7-9,14,19H,10-13H2,1-6H3. The Morgan fingerprint density at radius 3 is 2.30 bits per heavy atom. The van der Waals surface area contributed by atoms with Gasteiger partial charge < -0.3 is 10.1 Å². The molecule has 0 fully saturated rings. The average Bonchev–Trinajstić information content (AvgIpc) is 2.39. The SMILES string of the molecule is COCCNCC(C)(Cc1c(C)cccc1C)C(C)C. The maximum absolute atomic E-state index is 5.11. The molecule has 0 saturated heterocycles. The van der Waals surface area contributed by atoms with Crippen molar-refractivity contribution < 1.29 is 4.74 Å². The highest BCUT2D eigenvalue weighted by molar-refractivity contribution is 5.34. The first kappa shape index (κ1) is 17.2. The number of rotatable bonds is 8. The zero-order chi connectivity index (χ0) is 15.2. The summed E-state index contributed by atoms with van der Waals surface area (Å²) >= 11 is 0. The van der Waals surface area contributed by atoms with Gasteiger partial charge in [0, 0.05) is 20.2 Å². The van der Waals surface area contributed by atoms with Gasteiger partial charge in [-0.2, -0.15) is 0 Å². The summed E-state index contributed by atoms with van der Waals surface area (Å²) in [5.41, 5.74) is 4.60. The second-order valence-corrected chi connectivity index (χ2v) is 6.53. The summed E-state index contributed by atoms with van der Waals surface area (Å²) in [5.74, 6) is 0.636. The molecule has 0 spiro atoms. The Balaban J connectivity index is 2.80. The van der Waals surface area contributed by atoms with Crippen LogP contribution in [-0.2, 0) is 11.2 Å². The van der Waals surface area contributed by atoms with Crippen molar-refractivity contribution in [3.8, 4) is 0 Å². The molecule has 0 radical (unpaired) electrons. The van der Waals surface area contributed by atoms with E-state index in [4.69, 9.17) is 4.74 Å². The molecule has 0 aliphatic rings. The van der Waals surface area contributed by atoms with E-state index in [9.17, 15) is 0 Å². The second-order valence-electron chi connectivity index (χ2n) is 6.53. The average molecular weight is 277 g/mol. The molecule has 1 rings (SSSR count). The third-order valence-electron chi connectivity index (χ3n) is 4.63. The van der Waals surface area contributed by atoms with E-state index in [1.54, 1.807) is 7.11 Å². The number of methoxy groups -OCH3 is 1. The van der Waals surface area contributed by atoms with Crippen molar-refractivity contribution in [3.05, 3.63) is 34.9 Å². The zero-order valence-electron chi connectivity index (χ0n) is 14.0. The van der Waals surface area contributed by atoms with E-state index in [-0.39, 0.29) is 5.41 Å². The molecular formula is C18H31NO. The van der Waals surface area contributed by atoms with E-state index in [1.807, 2.05) is 0 Å². The fourth-order valence-electron chi connectivity index (χ4n) is 2.55. The van der Waals surface area contributed by atoms with Crippen molar-refractivity contribution in [1.29, 1.82) is 0 Å². The van der Waals surface area contributed by atoms with Crippen molar-refractivity contribution in [2.24, 2.45) is 11.3 Å². The molecule has 1 atom stereocenters. The topological polar surface area (TPSA) is 21.3 Å². The molecule has 0 heterocycles. The van der Waals surface area contributed by atoms with Crippen molar-refractivity contribution in [1.82, 2.24) is 5.32 Å². The van der Waals surface area contributed by atoms with E-state index in [1.165, 1.54) is 16.7 Å². The molecule has 0 saturated carbocycles. The molecule has 114 valence electrons. The lowest BCUT2D eigenvalue weighted by Gasteiger charge is -2.35. The fraction of sp³-hybridized carbons (Fsp3) is 0.667. The Labute approximate surface area is 124 Å². The highest BCUT2D eigenvalue weighted by atomic mass is 16.5. The Hall–Kier alpha value is -0.860. The number of benzene rings is 1. The van der Waals surface area contributed by atoms with Crippen LogP contribution in [0.4, 0.5) is 0 Å². The van der Waals surface area contributed by atoms with E-state index in [0.717, 1.165) is 26.1 Å². The lowest BCUT2D eigenvalue weighted by atomic mass is 9.73. The van der Waals surface area contributed by atoms with Crippen LogP contribution in [0.5, 0.6) is 0 Å². The van der Waals surface area contributed by atoms with Gasteiger partial charge in [0.15, 0.2) is 0 Å². The highest BCUT2D eigenvalue weighted by Crippen LogP contribution is 2.32. The van der Waals surface area contributed by atoms with Gasteiger partial charge in [0.05, 0.1) is 6.61 Å². The number of nitrogens with one attached hydrogen (secondary N) is 1. The zero-order valence-corrected chi connectivity index (χ0v) is 14.0. The van der Waals surface area contributed by atoms with E-state index in [0.29, 0.717) is 5.92 Å². The lowest BCUT2D eigenvalue weighted by molar-refractivity contribution is 0.175. The molecule has 0 aliphatic carbocycles. The Bertz CT molecular complexity index is 394. The molecule has 1 aromatic carbocycles. The Morgan fingerprint density at radius 1 is 1.20 bits per heavy atom. The highest BCUT2D eigenvalue weighted by Gasteiger charge is 2.29. The molecule has 0 bridgehead atoms. The number of ether oxygens (including phenoxy) is 1. The van der Waals surface area contributed by atoms with Crippen LogP contribution < -0.4 is 5.32 Å². The van der Waals surface area contributed by atoms with Crippen molar-refractivity contribution >= 4 is 0 Å². The summed E-state index contributed by atoms with van der Waals surface area (Å²) in [4.78, 5) is 0. The first-order chi connectivity index (χ1) is 9.40. The normalized spacial score (nSPS) is 14.6. The van der Waals surface area contributed by atoms with E-state index < -0.39 is 0 Å². The maximum atomic E-state index is 5.11. The lowest BCUT2D eigenvalue weighted by Crippen LogP contribution is -2.39. The van der Waals surface area contributed by atoms with Crippen LogP contribution >= 0.6 is 0 Å². The van der Waals surface area contributed by atoms with Gasteiger partial charge in [-0.3, -0.25) is 0 Å². The van der Waals surface area contributed by atoms with Crippen LogP contribution in [0, 0.1) is 25.2 Å². The number of aryl methyl sites for hydroxylation is 2. The summed E-state index contributed by atoms with van der Waals surface area (Å²) in [6, 6.07) is 6.60. The minimum Gasteiger partial charge on any atom is -0.383 e. The van der Waals surface area contributed by atoms with Gasteiger partial charge in [0.2, 0.25) is 0 Å². The Kier molecular flexibility index (Phi) is 6.70. The number of hydrogen-bond donors (Lipinski definition) is 1. The molecule has 0 amide bonds. The van der Waals surface area contributed by atoms with Gasteiger partial charge >= 0.3 is 0 Å². The summed E-state index contributed by atoms with van der Waals surface area (Å²) in [6.07, 6.45) is 1.13. The fourth-order valence-corrected chi connectivity index (χ4v) is 2.55. The van der Waals surface area contributed by atoms with Crippen molar-refractivity contribution in [2.45, 2.75) is 41.0 Å². The van der Waals surface area contributed by atoms with Crippen LogP contribution in [0.25, 0.3) is 0 Å². The summed E-state index contributed by atoms with van der Waals surface area (Å²) in [5, 5.41) is 3.54. The van der Waals surface area contributed by atoms with E-state index in [2.05, 4.69) is 58.1 Å². The maximum Gasteiger partial charge on any atom is 0.0587 e. The molecule has 20 heavy (non-hydrogen) atoms. The summed E-state index contributed by atoms with van der Waals surface area (Å²) in [6.45, 7) is 14.2. The van der Waals surface area contributed by atoms with E-state index >= 15 is 0 Å². The first-order valence-corrected chi connectivity index (χ1v) is 7.65. The molecule has 0 aliphatic heterocycles. The minimum atomic E-state index is 0.268. The second kappa shape index (κ2) is 7.80. The number of hydrogen-bond acceptors (Lipinski definition) is 2. The minimum absolute atomic E-state index is 0.268. The summed E-state index contributed by atoms with van der Waals surface area (Å²) in [7, 11) is 1.75. The smallest absolute Gasteiger partial charge is 0.0587 e. The first-order valence-electron chi connectivity index (χ1n) is 7.65. The predicted molar refractivity (Wildman–Crippen MR) is 87.3 cm³/mol. The molecular weight excluding hydrogens is 246 g/mol. The van der Waals surface area contributed by atoms with Gasteiger partial charge in [-0.25, -0.2) is 0 Å². The van der Waals surface area contributed by atoms with Crippen LogP contribution in [0.3, 0.4) is 0 Å². The molecule has 1 N–H and O–H groups in total. The van der Waals surface area contributed by atoms with Gasteiger partial charge in [-0.05, 0) is 48.3 Å². The van der Waals surface area contributed by atoms with Crippen molar-refractivity contribution in [2.75, 3.05) is 26.8 Å². The van der Waals surface area contributed by atoms with Crippen LogP contribution in [0.2, 0.25) is 0 Å². The van der Waals surface area contributed by atoms with Crippen LogP contribution in [-0.4, -0.2) is 26.8 Å². The molecule has 2 heteroatoms. The van der Waals surface area contributed by atoms with Gasteiger partial charge in [0.25, 0.3) is 0 Å². The monoisotopic (exact) mass is 277 g/mol. The van der Waals surface area contributed by atoms with Gasteiger partial charge in [-0.15, -0.1) is 0 Å². The molecule has 1 unspecified atom stereocenters. The third-order valence-corrected chi connectivity index (χ3v) is 4.63. The van der Waals surface area contributed by atoms with Gasteiger partial charge in [0.1, 0.15) is 0 Å². The molecule has 1 aromatic rings. The van der Waals surface area contributed by atoms with Crippen molar-refractivity contribution in [3.63, 3.8) is 0 Å². The molecule has 0 aromatic heterocycles. The predicted octanol–water partition coefficient (Wildman–Crippen LogP) is 3.74. The quantitative estimate of drug-likeness (QED) is 0.731. The summed E-state index contributed by atoms with van der Waals surface area (Å²) < 4.78 is 5.11. The Morgan fingerprint density at radius 2 is 1.80 bits per heavy atom. The largest absolute Gasteiger partial charge is 0.383 e.